The number of halogens is 1. The average molecular weight is 354 g/mol. The van der Waals surface area contributed by atoms with Crippen molar-refractivity contribution >= 4 is 11.7 Å². The van der Waals surface area contributed by atoms with Crippen molar-refractivity contribution in [2.45, 2.75) is 26.8 Å². The van der Waals surface area contributed by atoms with E-state index in [-0.39, 0.29) is 23.8 Å². The summed E-state index contributed by atoms with van der Waals surface area (Å²) in [6.45, 7) is 5.45. The van der Waals surface area contributed by atoms with E-state index in [9.17, 15) is 9.18 Å². The van der Waals surface area contributed by atoms with E-state index in [4.69, 9.17) is 4.52 Å². The molecular formula is C19H19FN4O2. The standard InChI is InChI=1S/C19H19FN4O2/c1-11(2)21-19(25)22-15-6-4-5-13(9-15)17-23-18(26-24-17)14-8-7-12(3)16(20)10-14/h4-11H,1-3H3,(H2,21,22,25). The van der Waals surface area contributed by atoms with E-state index in [0.29, 0.717) is 28.2 Å². The maximum Gasteiger partial charge on any atom is 0.319 e. The molecule has 6 nitrogen and oxygen atoms in total. The van der Waals surface area contributed by atoms with E-state index in [1.807, 2.05) is 13.8 Å². The van der Waals surface area contributed by atoms with Gasteiger partial charge < -0.3 is 15.2 Å². The number of benzene rings is 2. The van der Waals surface area contributed by atoms with Gasteiger partial charge in [-0.25, -0.2) is 9.18 Å². The number of hydrogen-bond acceptors (Lipinski definition) is 4. The topological polar surface area (TPSA) is 80.0 Å². The third-order valence-electron chi connectivity index (χ3n) is 3.64. The van der Waals surface area contributed by atoms with E-state index in [1.54, 1.807) is 43.3 Å². The van der Waals surface area contributed by atoms with Gasteiger partial charge in [0, 0.05) is 22.9 Å². The van der Waals surface area contributed by atoms with Crippen LogP contribution in [0.1, 0.15) is 19.4 Å². The molecule has 0 bridgehead atoms. The van der Waals surface area contributed by atoms with Crippen LogP contribution in [0.25, 0.3) is 22.8 Å². The van der Waals surface area contributed by atoms with Crippen molar-refractivity contribution < 1.29 is 13.7 Å². The Bertz CT molecular complexity index is 937. The number of rotatable bonds is 4. The van der Waals surface area contributed by atoms with Crippen molar-refractivity contribution in [2.24, 2.45) is 0 Å². The van der Waals surface area contributed by atoms with Crippen LogP contribution in [0.15, 0.2) is 47.0 Å². The van der Waals surface area contributed by atoms with Gasteiger partial charge in [0.05, 0.1) is 0 Å². The van der Waals surface area contributed by atoms with Crippen LogP contribution in [0.3, 0.4) is 0 Å². The van der Waals surface area contributed by atoms with E-state index in [2.05, 4.69) is 20.8 Å². The van der Waals surface area contributed by atoms with Crippen molar-refractivity contribution in [3.05, 3.63) is 53.8 Å². The van der Waals surface area contributed by atoms with Crippen LogP contribution in [-0.4, -0.2) is 22.2 Å². The number of aryl methyl sites for hydroxylation is 1. The molecule has 0 aliphatic rings. The molecule has 1 heterocycles. The second-order valence-electron chi connectivity index (χ2n) is 6.22. The maximum atomic E-state index is 13.7. The fourth-order valence-electron chi connectivity index (χ4n) is 2.35. The lowest BCUT2D eigenvalue weighted by Gasteiger charge is -2.10. The molecule has 26 heavy (non-hydrogen) atoms. The molecule has 2 amide bonds. The molecule has 0 fully saturated rings. The minimum atomic E-state index is -0.329. The van der Waals surface area contributed by atoms with Gasteiger partial charge in [0.15, 0.2) is 0 Å². The Balaban J connectivity index is 1.82. The molecule has 0 saturated heterocycles. The highest BCUT2D eigenvalue weighted by Gasteiger charge is 2.13. The van der Waals surface area contributed by atoms with Gasteiger partial charge in [-0.05, 0) is 50.6 Å². The Hall–Kier alpha value is -3.22. The van der Waals surface area contributed by atoms with Crippen molar-refractivity contribution in [1.29, 1.82) is 0 Å². The first-order valence-electron chi connectivity index (χ1n) is 8.20. The fraction of sp³-hybridized carbons (Fsp3) is 0.211. The van der Waals surface area contributed by atoms with Crippen molar-refractivity contribution in [2.75, 3.05) is 5.32 Å². The molecule has 0 radical (unpaired) electrons. The second kappa shape index (κ2) is 7.35. The molecule has 0 aliphatic heterocycles. The molecule has 0 aliphatic carbocycles. The average Bonchev–Trinajstić information content (AvgIpc) is 3.07. The summed E-state index contributed by atoms with van der Waals surface area (Å²) in [6.07, 6.45) is 0. The van der Waals surface area contributed by atoms with E-state index in [1.165, 1.54) is 6.07 Å². The molecular weight excluding hydrogens is 335 g/mol. The Morgan fingerprint density at radius 3 is 2.69 bits per heavy atom. The third kappa shape index (κ3) is 4.05. The molecule has 3 aromatic rings. The monoisotopic (exact) mass is 354 g/mol. The minimum Gasteiger partial charge on any atom is -0.336 e. The van der Waals surface area contributed by atoms with Crippen LogP contribution in [0.4, 0.5) is 14.9 Å². The molecule has 0 atom stereocenters. The largest absolute Gasteiger partial charge is 0.336 e. The van der Waals surface area contributed by atoms with Crippen LogP contribution in [0, 0.1) is 12.7 Å². The Kier molecular flexibility index (Phi) is 4.97. The number of carbonyl (C=O) groups is 1. The first kappa shape index (κ1) is 17.6. The van der Waals surface area contributed by atoms with Crippen molar-refractivity contribution in [3.8, 4) is 22.8 Å². The summed E-state index contributed by atoms with van der Waals surface area (Å²) < 4.78 is 19.0. The molecule has 2 N–H and O–H groups in total. The maximum absolute atomic E-state index is 13.7. The quantitative estimate of drug-likeness (QED) is 0.728. The van der Waals surface area contributed by atoms with Crippen LogP contribution in [0.2, 0.25) is 0 Å². The van der Waals surface area contributed by atoms with Crippen LogP contribution < -0.4 is 10.6 Å². The first-order valence-corrected chi connectivity index (χ1v) is 8.20. The zero-order valence-electron chi connectivity index (χ0n) is 14.7. The van der Waals surface area contributed by atoms with Gasteiger partial charge in [0.1, 0.15) is 5.82 Å². The van der Waals surface area contributed by atoms with Gasteiger partial charge in [-0.1, -0.05) is 23.4 Å². The molecule has 3 rings (SSSR count). The van der Waals surface area contributed by atoms with E-state index in [0.717, 1.165) is 0 Å². The Labute approximate surface area is 150 Å². The fourth-order valence-corrected chi connectivity index (χ4v) is 2.35. The molecule has 134 valence electrons. The Morgan fingerprint density at radius 1 is 1.15 bits per heavy atom. The number of hydrogen-bond donors (Lipinski definition) is 2. The lowest BCUT2D eigenvalue weighted by Crippen LogP contribution is -2.34. The van der Waals surface area contributed by atoms with Gasteiger partial charge in [-0.15, -0.1) is 0 Å². The minimum absolute atomic E-state index is 0.0350. The lowest BCUT2D eigenvalue weighted by atomic mass is 10.1. The Morgan fingerprint density at radius 2 is 1.96 bits per heavy atom. The summed E-state index contributed by atoms with van der Waals surface area (Å²) in [6, 6.07) is 11.6. The van der Waals surface area contributed by atoms with E-state index >= 15 is 0 Å². The number of amides is 2. The third-order valence-corrected chi connectivity index (χ3v) is 3.64. The zero-order valence-corrected chi connectivity index (χ0v) is 14.7. The predicted octanol–water partition coefficient (Wildman–Crippen LogP) is 4.38. The van der Waals surface area contributed by atoms with Gasteiger partial charge >= 0.3 is 6.03 Å². The SMILES string of the molecule is Cc1ccc(-c2nc(-c3cccc(NC(=O)NC(C)C)c3)no2)cc1F. The summed E-state index contributed by atoms with van der Waals surface area (Å²) in [5.41, 5.74) is 2.34. The lowest BCUT2D eigenvalue weighted by molar-refractivity contribution is 0.250. The first-order chi connectivity index (χ1) is 12.4. The summed E-state index contributed by atoms with van der Waals surface area (Å²) >= 11 is 0. The second-order valence-corrected chi connectivity index (χ2v) is 6.22. The number of urea groups is 1. The summed E-state index contributed by atoms with van der Waals surface area (Å²) in [5, 5.41) is 9.45. The van der Waals surface area contributed by atoms with Gasteiger partial charge in [-0.3, -0.25) is 0 Å². The van der Waals surface area contributed by atoms with Crippen molar-refractivity contribution in [3.63, 3.8) is 0 Å². The molecule has 7 heteroatoms. The number of nitrogens with zero attached hydrogens (tertiary/aromatic N) is 2. The molecule has 1 aromatic heterocycles. The highest BCUT2D eigenvalue weighted by atomic mass is 19.1. The number of nitrogens with one attached hydrogen (secondary N) is 2. The van der Waals surface area contributed by atoms with Gasteiger partial charge in [-0.2, -0.15) is 4.98 Å². The van der Waals surface area contributed by atoms with Crippen LogP contribution in [0.5, 0.6) is 0 Å². The van der Waals surface area contributed by atoms with Crippen LogP contribution in [-0.2, 0) is 0 Å². The predicted molar refractivity (Wildman–Crippen MR) is 97.2 cm³/mol. The molecule has 0 unspecified atom stereocenters. The number of carbonyl (C=O) groups excluding carboxylic acids is 1. The normalized spacial score (nSPS) is 10.8. The number of anilines is 1. The smallest absolute Gasteiger partial charge is 0.319 e. The van der Waals surface area contributed by atoms with Crippen molar-refractivity contribution in [1.82, 2.24) is 15.5 Å². The summed E-state index contributed by atoms with van der Waals surface area (Å²) in [5.74, 6) is 0.258. The van der Waals surface area contributed by atoms with Crippen LogP contribution >= 0.6 is 0 Å². The summed E-state index contributed by atoms with van der Waals surface area (Å²) in [4.78, 5) is 16.1. The molecule has 2 aromatic carbocycles. The highest BCUT2D eigenvalue weighted by Crippen LogP contribution is 2.25. The highest BCUT2D eigenvalue weighted by molar-refractivity contribution is 5.90. The number of aromatic nitrogens is 2. The summed E-state index contributed by atoms with van der Waals surface area (Å²) in [7, 11) is 0. The van der Waals surface area contributed by atoms with E-state index < -0.39 is 0 Å². The molecule has 0 spiro atoms. The van der Waals surface area contributed by atoms with Gasteiger partial charge in [0.25, 0.3) is 5.89 Å². The zero-order chi connectivity index (χ0) is 18.7. The van der Waals surface area contributed by atoms with Gasteiger partial charge in [0.2, 0.25) is 5.82 Å². The molecule has 0 saturated carbocycles.